The lowest BCUT2D eigenvalue weighted by atomic mass is 10.2. The van der Waals surface area contributed by atoms with E-state index >= 15 is 0 Å². The second-order valence-electron chi connectivity index (χ2n) is 4.40. The summed E-state index contributed by atoms with van der Waals surface area (Å²) < 4.78 is 0. The first-order valence-corrected chi connectivity index (χ1v) is 5.86. The van der Waals surface area contributed by atoms with Gasteiger partial charge in [0, 0.05) is 32.4 Å². The van der Waals surface area contributed by atoms with Gasteiger partial charge >= 0.3 is 0 Å². The average Bonchev–Trinajstić information content (AvgIpc) is 2.33. The van der Waals surface area contributed by atoms with E-state index in [2.05, 4.69) is 40.4 Å². The van der Waals surface area contributed by atoms with Crippen molar-refractivity contribution in [2.45, 2.75) is 13.0 Å². The topological polar surface area (TPSA) is 31.4 Å². The SMILES string of the molecule is CC(NN1CCN(C)CC1)c1ccccn1. The molecule has 4 nitrogen and oxygen atoms in total. The molecule has 1 unspecified atom stereocenters. The van der Waals surface area contributed by atoms with Crippen molar-refractivity contribution >= 4 is 0 Å². The van der Waals surface area contributed by atoms with Gasteiger partial charge in [-0.05, 0) is 26.1 Å². The Morgan fingerprint density at radius 3 is 2.62 bits per heavy atom. The van der Waals surface area contributed by atoms with E-state index in [1.807, 2.05) is 18.3 Å². The molecule has 1 fully saturated rings. The molecule has 1 aliphatic rings. The van der Waals surface area contributed by atoms with Crippen molar-refractivity contribution in [1.82, 2.24) is 20.3 Å². The Hall–Kier alpha value is -0.970. The Morgan fingerprint density at radius 1 is 1.25 bits per heavy atom. The van der Waals surface area contributed by atoms with Crippen molar-refractivity contribution in [3.05, 3.63) is 30.1 Å². The van der Waals surface area contributed by atoms with Gasteiger partial charge in [-0.3, -0.25) is 4.98 Å². The summed E-state index contributed by atoms with van der Waals surface area (Å²) in [5, 5.41) is 2.29. The number of hydrogen-bond acceptors (Lipinski definition) is 4. The largest absolute Gasteiger partial charge is 0.304 e. The molecule has 0 aliphatic carbocycles. The van der Waals surface area contributed by atoms with Crippen molar-refractivity contribution in [3.63, 3.8) is 0 Å². The molecule has 4 heteroatoms. The maximum absolute atomic E-state index is 4.36. The van der Waals surface area contributed by atoms with Crippen LogP contribution in [-0.4, -0.2) is 48.1 Å². The van der Waals surface area contributed by atoms with Crippen LogP contribution in [0.2, 0.25) is 0 Å². The Balaban J connectivity index is 1.86. The van der Waals surface area contributed by atoms with Crippen molar-refractivity contribution in [3.8, 4) is 0 Å². The molecule has 1 aromatic heterocycles. The monoisotopic (exact) mass is 220 g/mol. The minimum Gasteiger partial charge on any atom is -0.304 e. The number of hydrogen-bond donors (Lipinski definition) is 1. The minimum absolute atomic E-state index is 0.282. The van der Waals surface area contributed by atoms with E-state index in [9.17, 15) is 0 Å². The maximum atomic E-state index is 4.36. The van der Waals surface area contributed by atoms with Crippen molar-refractivity contribution in [1.29, 1.82) is 0 Å². The maximum Gasteiger partial charge on any atom is 0.0608 e. The van der Waals surface area contributed by atoms with Crippen LogP contribution < -0.4 is 5.43 Å². The zero-order chi connectivity index (χ0) is 11.4. The van der Waals surface area contributed by atoms with E-state index in [4.69, 9.17) is 0 Å². The molecule has 0 saturated carbocycles. The molecular weight excluding hydrogens is 200 g/mol. The van der Waals surface area contributed by atoms with Crippen molar-refractivity contribution in [2.75, 3.05) is 33.2 Å². The summed E-state index contributed by atoms with van der Waals surface area (Å²) in [5.74, 6) is 0. The number of piperazine rings is 1. The highest BCUT2D eigenvalue weighted by molar-refractivity contribution is 5.07. The first-order valence-electron chi connectivity index (χ1n) is 5.86. The molecule has 0 radical (unpaired) electrons. The standard InChI is InChI=1S/C12H20N4/c1-11(12-5-3-4-6-13-12)14-16-9-7-15(2)8-10-16/h3-6,11,14H,7-10H2,1-2H3. The van der Waals surface area contributed by atoms with Gasteiger partial charge in [-0.25, -0.2) is 10.4 Å². The molecule has 0 bridgehead atoms. The third kappa shape index (κ3) is 3.01. The number of pyridine rings is 1. The molecule has 2 heterocycles. The number of rotatable bonds is 3. The smallest absolute Gasteiger partial charge is 0.0608 e. The van der Waals surface area contributed by atoms with Gasteiger partial charge < -0.3 is 4.90 Å². The highest BCUT2D eigenvalue weighted by Gasteiger charge is 2.16. The van der Waals surface area contributed by atoms with E-state index in [0.717, 1.165) is 31.9 Å². The molecule has 1 aliphatic heterocycles. The molecule has 1 saturated heterocycles. The first-order chi connectivity index (χ1) is 7.75. The van der Waals surface area contributed by atoms with Crippen LogP contribution in [0, 0.1) is 0 Å². The van der Waals surface area contributed by atoms with Gasteiger partial charge in [0.15, 0.2) is 0 Å². The molecule has 1 atom stereocenters. The van der Waals surface area contributed by atoms with Crippen LogP contribution in [0.15, 0.2) is 24.4 Å². The summed E-state index contributed by atoms with van der Waals surface area (Å²) in [6, 6.07) is 6.33. The quantitative estimate of drug-likeness (QED) is 0.820. The Bertz CT molecular complexity index is 306. The molecule has 1 aromatic rings. The number of likely N-dealkylation sites (N-methyl/N-ethyl adjacent to an activating group) is 1. The van der Waals surface area contributed by atoms with Gasteiger partial charge in [0.1, 0.15) is 0 Å². The lowest BCUT2D eigenvalue weighted by Crippen LogP contribution is -2.51. The summed E-state index contributed by atoms with van der Waals surface area (Å²) in [6.45, 7) is 6.56. The van der Waals surface area contributed by atoms with E-state index in [-0.39, 0.29) is 6.04 Å². The summed E-state index contributed by atoms with van der Waals surface area (Å²) in [4.78, 5) is 6.71. The Labute approximate surface area is 97.2 Å². The number of hydrazine groups is 1. The van der Waals surface area contributed by atoms with E-state index in [0.29, 0.717) is 0 Å². The highest BCUT2D eigenvalue weighted by Crippen LogP contribution is 2.09. The summed E-state index contributed by atoms with van der Waals surface area (Å²) in [7, 11) is 2.17. The van der Waals surface area contributed by atoms with Gasteiger partial charge in [0.2, 0.25) is 0 Å². The molecule has 1 N–H and O–H groups in total. The predicted molar refractivity (Wildman–Crippen MR) is 64.9 cm³/mol. The van der Waals surface area contributed by atoms with Crippen LogP contribution in [0.3, 0.4) is 0 Å². The zero-order valence-corrected chi connectivity index (χ0v) is 10.1. The fraction of sp³-hybridized carbons (Fsp3) is 0.583. The fourth-order valence-electron chi connectivity index (χ4n) is 1.91. The van der Waals surface area contributed by atoms with Gasteiger partial charge in [-0.2, -0.15) is 0 Å². The highest BCUT2D eigenvalue weighted by atomic mass is 15.5. The minimum atomic E-state index is 0.282. The molecule has 2 rings (SSSR count). The molecule has 0 aromatic carbocycles. The van der Waals surface area contributed by atoms with Crippen LogP contribution in [0.1, 0.15) is 18.7 Å². The molecule has 16 heavy (non-hydrogen) atoms. The summed E-state index contributed by atoms with van der Waals surface area (Å²) in [6.07, 6.45) is 1.84. The van der Waals surface area contributed by atoms with Crippen molar-refractivity contribution in [2.24, 2.45) is 0 Å². The zero-order valence-electron chi connectivity index (χ0n) is 10.1. The molecule has 88 valence electrons. The van der Waals surface area contributed by atoms with Crippen LogP contribution >= 0.6 is 0 Å². The normalized spacial score (nSPS) is 20.9. The number of nitrogens with one attached hydrogen (secondary N) is 1. The van der Waals surface area contributed by atoms with Crippen LogP contribution in [0.4, 0.5) is 0 Å². The van der Waals surface area contributed by atoms with Gasteiger partial charge in [-0.1, -0.05) is 6.07 Å². The number of aromatic nitrogens is 1. The van der Waals surface area contributed by atoms with Gasteiger partial charge in [-0.15, -0.1) is 0 Å². The first kappa shape index (κ1) is 11.5. The second kappa shape index (κ2) is 5.39. The predicted octanol–water partition coefficient (Wildman–Crippen LogP) is 0.895. The van der Waals surface area contributed by atoms with Gasteiger partial charge in [0.25, 0.3) is 0 Å². The Morgan fingerprint density at radius 2 is 2.00 bits per heavy atom. The molecule has 0 amide bonds. The third-order valence-corrected chi connectivity index (χ3v) is 3.01. The van der Waals surface area contributed by atoms with Gasteiger partial charge in [0.05, 0.1) is 11.7 Å². The Kier molecular flexibility index (Phi) is 3.88. The van der Waals surface area contributed by atoms with E-state index in [1.165, 1.54) is 0 Å². The second-order valence-corrected chi connectivity index (χ2v) is 4.40. The molecular formula is C12H20N4. The van der Waals surface area contributed by atoms with Crippen LogP contribution in [0.25, 0.3) is 0 Å². The van der Waals surface area contributed by atoms with Crippen LogP contribution in [-0.2, 0) is 0 Å². The van der Waals surface area contributed by atoms with Crippen molar-refractivity contribution < 1.29 is 0 Å². The lowest BCUT2D eigenvalue weighted by molar-refractivity contribution is 0.0891. The van der Waals surface area contributed by atoms with E-state index in [1.54, 1.807) is 0 Å². The third-order valence-electron chi connectivity index (χ3n) is 3.01. The summed E-state index contributed by atoms with van der Waals surface area (Å²) >= 11 is 0. The lowest BCUT2D eigenvalue weighted by Gasteiger charge is -2.34. The fourth-order valence-corrected chi connectivity index (χ4v) is 1.91. The number of nitrogens with zero attached hydrogens (tertiary/aromatic N) is 3. The molecule has 0 spiro atoms. The average molecular weight is 220 g/mol. The summed E-state index contributed by atoms with van der Waals surface area (Å²) in [5.41, 5.74) is 4.60. The van der Waals surface area contributed by atoms with Crippen LogP contribution in [0.5, 0.6) is 0 Å². The van der Waals surface area contributed by atoms with E-state index < -0.39 is 0 Å².